The Bertz CT molecular complexity index is 963. The summed E-state index contributed by atoms with van der Waals surface area (Å²) in [6.07, 6.45) is 7.18. The number of rotatable bonds is 4. The molecule has 26 heavy (non-hydrogen) atoms. The van der Waals surface area contributed by atoms with Crippen LogP contribution in [-0.2, 0) is 4.79 Å². The predicted molar refractivity (Wildman–Crippen MR) is 103 cm³/mol. The van der Waals surface area contributed by atoms with Gasteiger partial charge in [0.15, 0.2) is 0 Å². The SMILES string of the molecule is C=C1CCC(n2ncc3cc(C#CCCCCC)ccc3c2=O)C(=O)N1. The summed E-state index contributed by atoms with van der Waals surface area (Å²) in [4.78, 5) is 24.9. The molecule has 1 unspecified atom stereocenters. The van der Waals surface area contributed by atoms with Crippen molar-refractivity contribution in [3.8, 4) is 11.8 Å². The van der Waals surface area contributed by atoms with Gasteiger partial charge >= 0.3 is 0 Å². The second-order valence-electron chi connectivity index (χ2n) is 6.60. The monoisotopic (exact) mass is 349 g/mol. The van der Waals surface area contributed by atoms with Gasteiger partial charge in [0.1, 0.15) is 6.04 Å². The summed E-state index contributed by atoms with van der Waals surface area (Å²) in [7, 11) is 0. The van der Waals surface area contributed by atoms with E-state index in [2.05, 4.69) is 35.8 Å². The van der Waals surface area contributed by atoms with Gasteiger partial charge in [0.05, 0.1) is 11.6 Å². The lowest BCUT2D eigenvalue weighted by Crippen LogP contribution is -2.41. The Hall–Kier alpha value is -2.87. The van der Waals surface area contributed by atoms with E-state index in [4.69, 9.17) is 0 Å². The number of carbonyl (C=O) groups excluding carboxylic acids is 1. The maximum atomic E-state index is 12.8. The Morgan fingerprint density at radius 1 is 1.35 bits per heavy atom. The second-order valence-corrected chi connectivity index (χ2v) is 6.60. The molecule has 1 atom stereocenters. The maximum absolute atomic E-state index is 12.8. The molecule has 0 bridgehead atoms. The third-order valence-electron chi connectivity index (χ3n) is 4.57. The van der Waals surface area contributed by atoms with Gasteiger partial charge < -0.3 is 5.32 Å². The molecule has 0 saturated carbocycles. The van der Waals surface area contributed by atoms with Crippen LogP contribution in [-0.4, -0.2) is 15.7 Å². The van der Waals surface area contributed by atoms with Crippen LogP contribution in [0.4, 0.5) is 0 Å². The highest BCUT2D eigenvalue weighted by Gasteiger charge is 2.27. The van der Waals surface area contributed by atoms with E-state index in [0.717, 1.165) is 23.8 Å². The lowest BCUT2D eigenvalue weighted by atomic mass is 10.0. The lowest BCUT2D eigenvalue weighted by molar-refractivity contribution is -0.125. The number of unbranched alkanes of at least 4 members (excludes halogenated alkanes) is 3. The molecule has 3 rings (SSSR count). The minimum absolute atomic E-state index is 0.232. The number of hydrogen-bond donors (Lipinski definition) is 1. The molecule has 1 saturated heterocycles. The summed E-state index contributed by atoms with van der Waals surface area (Å²) in [5, 5.41) is 8.22. The molecule has 0 aliphatic carbocycles. The molecule has 1 amide bonds. The number of benzene rings is 1. The zero-order valence-corrected chi connectivity index (χ0v) is 15.0. The third-order valence-corrected chi connectivity index (χ3v) is 4.57. The minimum atomic E-state index is -0.588. The topological polar surface area (TPSA) is 64.0 Å². The molecule has 1 aliphatic heterocycles. The van der Waals surface area contributed by atoms with E-state index in [9.17, 15) is 9.59 Å². The summed E-state index contributed by atoms with van der Waals surface area (Å²) in [6, 6.07) is 4.91. The van der Waals surface area contributed by atoms with Crippen LogP contribution >= 0.6 is 0 Å². The number of aromatic nitrogens is 2. The molecule has 0 radical (unpaired) electrons. The smallest absolute Gasteiger partial charge is 0.275 e. The Balaban J connectivity index is 1.86. The van der Waals surface area contributed by atoms with Gasteiger partial charge in [-0.25, -0.2) is 4.68 Å². The van der Waals surface area contributed by atoms with E-state index in [-0.39, 0.29) is 11.5 Å². The van der Waals surface area contributed by atoms with Gasteiger partial charge in [0, 0.05) is 23.1 Å². The molecule has 5 nitrogen and oxygen atoms in total. The Morgan fingerprint density at radius 3 is 2.96 bits per heavy atom. The van der Waals surface area contributed by atoms with Gasteiger partial charge in [-0.05, 0) is 37.5 Å². The van der Waals surface area contributed by atoms with Crippen LogP contribution in [0.5, 0.6) is 0 Å². The fourth-order valence-electron chi connectivity index (χ4n) is 3.09. The van der Waals surface area contributed by atoms with Crippen molar-refractivity contribution >= 4 is 16.7 Å². The van der Waals surface area contributed by atoms with Crippen molar-refractivity contribution in [1.29, 1.82) is 0 Å². The van der Waals surface area contributed by atoms with Crippen molar-refractivity contribution in [3.05, 3.63) is 52.6 Å². The van der Waals surface area contributed by atoms with E-state index in [0.29, 0.717) is 23.9 Å². The van der Waals surface area contributed by atoms with Crippen LogP contribution in [0.25, 0.3) is 10.8 Å². The third kappa shape index (κ3) is 3.85. The number of piperidine rings is 1. The summed E-state index contributed by atoms with van der Waals surface area (Å²) >= 11 is 0. The van der Waals surface area contributed by atoms with Crippen molar-refractivity contribution in [2.24, 2.45) is 0 Å². The normalized spacial score (nSPS) is 16.9. The number of carbonyl (C=O) groups is 1. The van der Waals surface area contributed by atoms with E-state index < -0.39 is 6.04 Å². The largest absolute Gasteiger partial charge is 0.329 e. The van der Waals surface area contributed by atoms with Crippen LogP contribution in [0.1, 0.15) is 57.1 Å². The van der Waals surface area contributed by atoms with Gasteiger partial charge in [0.25, 0.3) is 5.56 Å². The molecule has 0 spiro atoms. The average Bonchev–Trinajstić information content (AvgIpc) is 2.63. The molecule has 2 heterocycles. The van der Waals surface area contributed by atoms with Gasteiger partial charge in [-0.15, -0.1) is 0 Å². The number of nitrogens with one attached hydrogen (secondary N) is 1. The molecular formula is C21H23N3O2. The van der Waals surface area contributed by atoms with Gasteiger partial charge in [-0.2, -0.15) is 5.10 Å². The first-order valence-corrected chi connectivity index (χ1v) is 9.09. The van der Waals surface area contributed by atoms with Gasteiger partial charge in [-0.3, -0.25) is 9.59 Å². The fourth-order valence-corrected chi connectivity index (χ4v) is 3.09. The standard InChI is InChI=1S/C21H23N3O2/c1-3-4-5-6-7-8-16-10-11-18-17(13-16)14-22-24(21(18)26)19-12-9-15(2)23-20(19)25/h10-11,13-14,19H,2-6,9,12H2,1H3,(H,23,25). The number of allylic oxidation sites excluding steroid dienone is 1. The number of nitrogens with zero attached hydrogens (tertiary/aromatic N) is 2. The molecule has 134 valence electrons. The molecule has 1 N–H and O–H groups in total. The molecule has 1 aromatic carbocycles. The summed E-state index contributed by atoms with van der Waals surface area (Å²) in [5.74, 6) is 6.09. The molecule has 2 aromatic rings. The van der Waals surface area contributed by atoms with Crippen LogP contribution in [0.15, 0.2) is 41.5 Å². The van der Waals surface area contributed by atoms with Crippen molar-refractivity contribution < 1.29 is 4.79 Å². The van der Waals surface area contributed by atoms with Crippen molar-refractivity contribution in [2.75, 3.05) is 0 Å². The fraction of sp³-hybridized carbons (Fsp3) is 0.381. The first-order chi connectivity index (χ1) is 12.6. The molecule has 1 fully saturated rings. The van der Waals surface area contributed by atoms with E-state index in [1.54, 1.807) is 12.3 Å². The molecule has 1 aliphatic rings. The Kier molecular flexibility index (Phi) is 5.52. The number of hydrogen-bond acceptors (Lipinski definition) is 3. The molecule has 1 aromatic heterocycles. The zero-order chi connectivity index (χ0) is 18.5. The van der Waals surface area contributed by atoms with Crippen molar-refractivity contribution in [3.63, 3.8) is 0 Å². The van der Waals surface area contributed by atoms with Gasteiger partial charge in [0.2, 0.25) is 5.91 Å². The average molecular weight is 349 g/mol. The van der Waals surface area contributed by atoms with Crippen molar-refractivity contribution in [1.82, 2.24) is 15.1 Å². The van der Waals surface area contributed by atoms with Gasteiger partial charge in [-0.1, -0.05) is 38.2 Å². The second kappa shape index (κ2) is 8.01. The first-order valence-electron chi connectivity index (χ1n) is 9.09. The zero-order valence-electron chi connectivity index (χ0n) is 15.0. The quantitative estimate of drug-likeness (QED) is 0.680. The first kappa shape index (κ1) is 17.9. The van der Waals surface area contributed by atoms with Crippen LogP contribution in [0, 0.1) is 11.8 Å². The minimum Gasteiger partial charge on any atom is -0.329 e. The number of amides is 1. The molecular weight excluding hydrogens is 326 g/mol. The Labute approximate surface area is 153 Å². The van der Waals surface area contributed by atoms with E-state index in [1.807, 2.05) is 12.1 Å². The van der Waals surface area contributed by atoms with E-state index in [1.165, 1.54) is 17.5 Å². The highest BCUT2D eigenvalue weighted by atomic mass is 16.2. The predicted octanol–water partition coefficient (Wildman–Crippen LogP) is 3.29. The van der Waals surface area contributed by atoms with Crippen molar-refractivity contribution in [2.45, 2.75) is 51.5 Å². The number of fused-ring (bicyclic) bond motifs is 1. The summed E-state index contributed by atoms with van der Waals surface area (Å²) < 4.78 is 1.28. The van der Waals surface area contributed by atoms with Crippen LogP contribution in [0.2, 0.25) is 0 Å². The lowest BCUT2D eigenvalue weighted by Gasteiger charge is -2.24. The van der Waals surface area contributed by atoms with E-state index >= 15 is 0 Å². The summed E-state index contributed by atoms with van der Waals surface area (Å²) in [5.41, 5.74) is 1.31. The summed E-state index contributed by atoms with van der Waals surface area (Å²) in [6.45, 7) is 5.93. The van der Waals surface area contributed by atoms with Crippen LogP contribution in [0.3, 0.4) is 0 Å². The highest BCUT2D eigenvalue weighted by Crippen LogP contribution is 2.20. The highest BCUT2D eigenvalue weighted by molar-refractivity contribution is 5.85. The maximum Gasteiger partial charge on any atom is 0.275 e. The van der Waals surface area contributed by atoms with Crippen LogP contribution < -0.4 is 10.9 Å². The Morgan fingerprint density at radius 2 is 2.19 bits per heavy atom. The molecule has 5 heteroatoms.